The van der Waals surface area contributed by atoms with Gasteiger partial charge >= 0.3 is 0 Å². The van der Waals surface area contributed by atoms with E-state index in [2.05, 4.69) is 5.32 Å². The van der Waals surface area contributed by atoms with Crippen LogP contribution in [0.5, 0.6) is 0 Å². The van der Waals surface area contributed by atoms with E-state index >= 15 is 0 Å². The minimum atomic E-state index is -1.59. The summed E-state index contributed by atoms with van der Waals surface area (Å²) in [7, 11) is 0. The number of hydrogen-bond acceptors (Lipinski definition) is 2. The Morgan fingerprint density at radius 2 is 2.00 bits per heavy atom. The van der Waals surface area contributed by atoms with Gasteiger partial charge in [-0.2, -0.15) is 0 Å². The largest absolute Gasteiger partial charge is 0.328 e. The Morgan fingerprint density at radius 3 is 2.61 bits per heavy atom. The number of hydrogen-bond donors (Lipinski definition) is 2. The summed E-state index contributed by atoms with van der Waals surface area (Å²) in [5.74, 6) is -4.73. The van der Waals surface area contributed by atoms with Crippen LogP contribution in [0.2, 0.25) is 0 Å². The molecule has 100 valence electrons. The van der Waals surface area contributed by atoms with Crippen molar-refractivity contribution in [3.63, 3.8) is 0 Å². The molecule has 3 N–H and O–H groups in total. The van der Waals surface area contributed by atoms with Crippen molar-refractivity contribution in [3.05, 3.63) is 29.6 Å². The van der Waals surface area contributed by atoms with Crippen LogP contribution in [0.1, 0.15) is 26.2 Å². The van der Waals surface area contributed by atoms with E-state index in [0.29, 0.717) is 12.8 Å². The molecular weight excluding hydrogens is 245 g/mol. The SMILES string of the molecule is CC(N)CCCC(=O)Nc1ccc(F)c(F)c1F. The van der Waals surface area contributed by atoms with E-state index in [1.807, 2.05) is 6.92 Å². The summed E-state index contributed by atoms with van der Waals surface area (Å²) in [5, 5.41) is 2.19. The normalized spacial score (nSPS) is 12.3. The lowest BCUT2D eigenvalue weighted by Crippen LogP contribution is -2.17. The molecule has 0 fully saturated rings. The molecular formula is C12H15F3N2O. The molecule has 0 heterocycles. The van der Waals surface area contributed by atoms with E-state index < -0.39 is 23.4 Å². The highest BCUT2D eigenvalue weighted by Crippen LogP contribution is 2.19. The molecule has 0 aliphatic carbocycles. The number of carbonyl (C=O) groups is 1. The summed E-state index contributed by atoms with van der Waals surface area (Å²) >= 11 is 0. The first kappa shape index (κ1) is 14.5. The average molecular weight is 260 g/mol. The fourth-order valence-electron chi connectivity index (χ4n) is 1.42. The number of nitrogens with one attached hydrogen (secondary N) is 1. The second-order valence-corrected chi connectivity index (χ2v) is 4.14. The third-order valence-corrected chi connectivity index (χ3v) is 2.37. The van der Waals surface area contributed by atoms with Gasteiger partial charge in [0.05, 0.1) is 5.69 Å². The lowest BCUT2D eigenvalue weighted by molar-refractivity contribution is -0.116. The van der Waals surface area contributed by atoms with Gasteiger partial charge in [0.1, 0.15) is 0 Å². The summed E-state index contributed by atoms with van der Waals surface area (Å²) in [6.07, 6.45) is 1.36. The number of benzene rings is 1. The number of halogens is 3. The quantitative estimate of drug-likeness (QED) is 0.799. The molecule has 0 aliphatic rings. The maximum Gasteiger partial charge on any atom is 0.224 e. The lowest BCUT2D eigenvalue weighted by Gasteiger charge is -2.08. The van der Waals surface area contributed by atoms with Crippen molar-refractivity contribution in [1.82, 2.24) is 0 Å². The minimum Gasteiger partial charge on any atom is -0.328 e. The monoisotopic (exact) mass is 260 g/mol. The summed E-state index contributed by atoms with van der Waals surface area (Å²) in [6.45, 7) is 1.81. The molecule has 1 aromatic rings. The molecule has 1 amide bonds. The minimum absolute atomic E-state index is 0.0159. The highest BCUT2D eigenvalue weighted by Gasteiger charge is 2.14. The Kier molecular flexibility index (Phi) is 5.15. The van der Waals surface area contributed by atoms with Crippen LogP contribution in [0.4, 0.5) is 18.9 Å². The molecule has 0 saturated carbocycles. The van der Waals surface area contributed by atoms with Gasteiger partial charge in [-0.05, 0) is 31.9 Å². The van der Waals surface area contributed by atoms with E-state index in [0.717, 1.165) is 12.1 Å². The van der Waals surface area contributed by atoms with Crippen molar-refractivity contribution < 1.29 is 18.0 Å². The Morgan fingerprint density at radius 1 is 1.33 bits per heavy atom. The number of anilines is 1. The van der Waals surface area contributed by atoms with Gasteiger partial charge in [0, 0.05) is 12.5 Å². The number of carbonyl (C=O) groups excluding carboxylic acids is 1. The molecule has 1 rings (SSSR count). The van der Waals surface area contributed by atoms with Gasteiger partial charge in [0.2, 0.25) is 5.91 Å². The van der Waals surface area contributed by atoms with Crippen LogP contribution in [0, 0.1) is 17.5 Å². The molecule has 0 aliphatic heterocycles. The molecule has 0 bridgehead atoms. The summed E-state index contributed by atoms with van der Waals surface area (Å²) in [6, 6.07) is 1.73. The van der Waals surface area contributed by atoms with E-state index in [1.54, 1.807) is 0 Å². The summed E-state index contributed by atoms with van der Waals surface area (Å²) < 4.78 is 38.8. The van der Waals surface area contributed by atoms with Crippen LogP contribution in [-0.4, -0.2) is 11.9 Å². The molecule has 0 saturated heterocycles. The topological polar surface area (TPSA) is 55.1 Å². The Balaban J connectivity index is 2.57. The fraction of sp³-hybridized carbons (Fsp3) is 0.417. The van der Waals surface area contributed by atoms with Crippen LogP contribution in [-0.2, 0) is 4.79 Å². The smallest absolute Gasteiger partial charge is 0.224 e. The second kappa shape index (κ2) is 6.39. The Labute approximate surface area is 103 Å². The van der Waals surface area contributed by atoms with Gasteiger partial charge in [-0.15, -0.1) is 0 Å². The number of amides is 1. The van der Waals surface area contributed by atoms with Crippen LogP contribution in [0.3, 0.4) is 0 Å². The third-order valence-electron chi connectivity index (χ3n) is 2.37. The zero-order valence-corrected chi connectivity index (χ0v) is 9.97. The molecule has 0 radical (unpaired) electrons. The molecule has 0 aromatic heterocycles. The number of nitrogens with two attached hydrogens (primary N) is 1. The second-order valence-electron chi connectivity index (χ2n) is 4.14. The third kappa shape index (κ3) is 4.03. The Hall–Kier alpha value is -1.56. The first-order valence-corrected chi connectivity index (χ1v) is 5.60. The van der Waals surface area contributed by atoms with Gasteiger partial charge in [-0.3, -0.25) is 4.79 Å². The first-order chi connectivity index (χ1) is 8.41. The van der Waals surface area contributed by atoms with Crippen LogP contribution < -0.4 is 11.1 Å². The maximum atomic E-state index is 13.2. The van der Waals surface area contributed by atoms with Crippen molar-refractivity contribution >= 4 is 11.6 Å². The van der Waals surface area contributed by atoms with Crippen LogP contribution in [0.25, 0.3) is 0 Å². The predicted molar refractivity (Wildman–Crippen MR) is 62.4 cm³/mol. The highest BCUT2D eigenvalue weighted by atomic mass is 19.2. The van der Waals surface area contributed by atoms with Gasteiger partial charge in [-0.1, -0.05) is 0 Å². The van der Waals surface area contributed by atoms with E-state index in [-0.39, 0.29) is 18.2 Å². The van der Waals surface area contributed by atoms with Crippen molar-refractivity contribution in [2.75, 3.05) is 5.32 Å². The predicted octanol–water partition coefficient (Wildman–Crippen LogP) is 2.56. The maximum absolute atomic E-state index is 13.2. The van der Waals surface area contributed by atoms with E-state index in [9.17, 15) is 18.0 Å². The van der Waals surface area contributed by atoms with Gasteiger partial charge < -0.3 is 11.1 Å². The fourth-order valence-corrected chi connectivity index (χ4v) is 1.42. The van der Waals surface area contributed by atoms with E-state index in [1.165, 1.54) is 0 Å². The van der Waals surface area contributed by atoms with Crippen LogP contribution >= 0.6 is 0 Å². The summed E-state index contributed by atoms with van der Waals surface area (Å²) in [5.41, 5.74) is 5.15. The summed E-state index contributed by atoms with van der Waals surface area (Å²) in [4.78, 5) is 11.4. The van der Waals surface area contributed by atoms with Crippen molar-refractivity contribution in [2.24, 2.45) is 5.73 Å². The molecule has 3 nitrogen and oxygen atoms in total. The molecule has 18 heavy (non-hydrogen) atoms. The zero-order chi connectivity index (χ0) is 13.7. The standard InChI is InChI=1S/C12H15F3N2O/c1-7(16)3-2-4-10(18)17-9-6-5-8(13)11(14)12(9)15/h5-7H,2-4,16H2,1H3,(H,17,18). The molecule has 1 aromatic carbocycles. The molecule has 0 spiro atoms. The molecule has 1 unspecified atom stereocenters. The average Bonchev–Trinajstić information content (AvgIpc) is 2.29. The van der Waals surface area contributed by atoms with Crippen molar-refractivity contribution in [2.45, 2.75) is 32.2 Å². The van der Waals surface area contributed by atoms with Crippen molar-refractivity contribution in [3.8, 4) is 0 Å². The zero-order valence-electron chi connectivity index (χ0n) is 9.97. The van der Waals surface area contributed by atoms with E-state index in [4.69, 9.17) is 5.73 Å². The Bertz CT molecular complexity index is 436. The number of rotatable bonds is 5. The van der Waals surface area contributed by atoms with Crippen LogP contribution in [0.15, 0.2) is 12.1 Å². The van der Waals surface area contributed by atoms with Gasteiger partial charge in [-0.25, -0.2) is 13.2 Å². The van der Waals surface area contributed by atoms with Gasteiger partial charge in [0.25, 0.3) is 0 Å². The molecule has 1 atom stereocenters. The lowest BCUT2D eigenvalue weighted by atomic mass is 10.1. The molecule has 6 heteroatoms. The first-order valence-electron chi connectivity index (χ1n) is 5.60. The van der Waals surface area contributed by atoms with Gasteiger partial charge in [0.15, 0.2) is 17.5 Å². The highest BCUT2D eigenvalue weighted by molar-refractivity contribution is 5.90. The van der Waals surface area contributed by atoms with Crippen molar-refractivity contribution in [1.29, 1.82) is 0 Å².